The van der Waals surface area contributed by atoms with Gasteiger partial charge in [0.25, 0.3) is 5.69 Å². The van der Waals surface area contributed by atoms with Gasteiger partial charge in [-0.15, -0.1) is 0 Å². The molecule has 9 heteroatoms. The normalized spacial score (nSPS) is 10.3. The smallest absolute Gasteiger partial charge is 0.293 e. The molecule has 1 heterocycles. The van der Waals surface area contributed by atoms with Gasteiger partial charge in [0.1, 0.15) is 17.8 Å². The Morgan fingerprint density at radius 1 is 1.39 bits per heavy atom. The molecule has 0 amide bonds. The van der Waals surface area contributed by atoms with E-state index in [4.69, 9.17) is 23.2 Å². The van der Waals surface area contributed by atoms with Crippen molar-refractivity contribution in [3.63, 3.8) is 0 Å². The summed E-state index contributed by atoms with van der Waals surface area (Å²) < 4.78 is 0. The van der Waals surface area contributed by atoms with Crippen LogP contribution in [0, 0.1) is 10.1 Å². The van der Waals surface area contributed by atoms with Crippen molar-refractivity contribution in [1.29, 1.82) is 0 Å². The van der Waals surface area contributed by atoms with Crippen LogP contribution in [-0.4, -0.2) is 20.1 Å². The highest BCUT2D eigenvalue weighted by atomic mass is 35.5. The zero-order chi connectivity index (χ0) is 13.1. The average molecular weight is 288 g/mol. The number of anilines is 1. The third-order valence-corrected chi connectivity index (χ3v) is 2.87. The van der Waals surface area contributed by atoms with Crippen LogP contribution in [-0.2, 0) is 6.54 Å². The summed E-state index contributed by atoms with van der Waals surface area (Å²) >= 11 is 11.6. The highest BCUT2D eigenvalue weighted by Crippen LogP contribution is 2.34. The van der Waals surface area contributed by atoms with Crippen LogP contribution in [0.25, 0.3) is 0 Å². The molecule has 0 fully saturated rings. The molecule has 7 nitrogen and oxygen atoms in total. The second kappa shape index (κ2) is 5.19. The standard InChI is InChI=1S/C9H7Cl2N5O2/c10-5-1-7(8(16(17)18)2-6(5)11)12-3-9-13-4-14-15-9/h1-2,4,12H,3H2,(H,13,14,15). The van der Waals surface area contributed by atoms with E-state index in [0.717, 1.165) is 0 Å². The molecule has 0 aliphatic rings. The second-order valence-corrected chi connectivity index (χ2v) is 4.14. The first kappa shape index (κ1) is 12.6. The number of hydrogen-bond donors (Lipinski definition) is 2. The first-order chi connectivity index (χ1) is 8.58. The molecule has 0 radical (unpaired) electrons. The minimum Gasteiger partial charge on any atom is -0.372 e. The summed E-state index contributed by atoms with van der Waals surface area (Å²) in [5, 5.41) is 20.4. The number of aromatic nitrogens is 3. The maximum absolute atomic E-state index is 10.9. The molecule has 1 aromatic heterocycles. The van der Waals surface area contributed by atoms with Crippen molar-refractivity contribution in [2.75, 3.05) is 5.32 Å². The number of rotatable bonds is 4. The summed E-state index contributed by atoms with van der Waals surface area (Å²) in [6.07, 6.45) is 1.35. The molecule has 0 atom stereocenters. The van der Waals surface area contributed by atoms with Gasteiger partial charge in [-0.05, 0) is 6.07 Å². The summed E-state index contributed by atoms with van der Waals surface area (Å²) in [5.41, 5.74) is 0.120. The molecule has 94 valence electrons. The van der Waals surface area contributed by atoms with Gasteiger partial charge in [-0.1, -0.05) is 23.2 Å². The van der Waals surface area contributed by atoms with Crippen molar-refractivity contribution in [3.8, 4) is 0 Å². The fourth-order valence-corrected chi connectivity index (χ4v) is 1.65. The first-order valence-corrected chi connectivity index (χ1v) is 5.55. The fourth-order valence-electron chi connectivity index (χ4n) is 1.32. The number of nitrogens with zero attached hydrogens (tertiary/aromatic N) is 3. The highest BCUT2D eigenvalue weighted by molar-refractivity contribution is 6.42. The van der Waals surface area contributed by atoms with Crippen LogP contribution in [0.4, 0.5) is 11.4 Å². The number of hydrogen-bond acceptors (Lipinski definition) is 5. The van der Waals surface area contributed by atoms with Crippen molar-refractivity contribution in [1.82, 2.24) is 15.2 Å². The van der Waals surface area contributed by atoms with Gasteiger partial charge >= 0.3 is 0 Å². The Kier molecular flexibility index (Phi) is 3.63. The van der Waals surface area contributed by atoms with Gasteiger partial charge in [-0.3, -0.25) is 15.2 Å². The van der Waals surface area contributed by atoms with Crippen LogP contribution in [0.3, 0.4) is 0 Å². The van der Waals surface area contributed by atoms with E-state index in [1.54, 1.807) is 0 Å². The molecule has 2 N–H and O–H groups in total. The molecule has 0 unspecified atom stereocenters. The molecule has 0 bridgehead atoms. The Labute approximate surface area is 111 Å². The molecule has 0 aliphatic heterocycles. The van der Waals surface area contributed by atoms with E-state index in [2.05, 4.69) is 20.5 Å². The van der Waals surface area contributed by atoms with Crippen LogP contribution in [0.1, 0.15) is 5.82 Å². The Balaban J connectivity index is 2.25. The molecule has 0 saturated heterocycles. The Morgan fingerprint density at radius 2 is 2.11 bits per heavy atom. The lowest BCUT2D eigenvalue weighted by Gasteiger charge is -2.06. The van der Waals surface area contributed by atoms with Gasteiger partial charge in [0.05, 0.1) is 21.5 Å². The van der Waals surface area contributed by atoms with Gasteiger partial charge in [-0.2, -0.15) is 5.10 Å². The van der Waals surface area contributed by atoms with Crippen molar-refractivity contribution >= 4 is 34.6 Å². The van der Waals surface area contributed by atoms with E-state index in [1.165, 1.54) is 18.5 Å². The van der Waals surface area contributed by atoms with E-state index in [-0.39, 0.29) is 28.0 Å². The molecule has 1 aromatic carbocycles. The topological polar surface area (TPSA) is 96.7 Å². The van der Waals surface area contributed by atoms with Crippen molar-refractivity contribution in [2.45, 2.75) is 6.54 Å². The summed E-state index contributed by atoms with van der Waals surface area (Å²) in [7, 11) is 0. The molecule has 0 saturated carbocycles. The molecule has 2 aromatic rings. The number of nitro groups is 1. The largest absolute Gasteiger partial charge is 0.372 e. The lowest BCUT2D eigenvalue weighted by molar-refractivity contribution is -0.383. The van der Waals surface area contributed by atoms with Crippen molar-refractivity contribution in [3.05, 3.63) is 44.4 Å². The summed E-state index contributed by atoms with van der Waals surface area (Å²) in [5.74, 6) is 0.551. The SMILES string of the molecule is O=[N+]([O-])c1cc(Cl)c(Cl)cc1NCc1ncn[nH]1. The number of nitrogens with one attached hydrogen (secondary N) is 2. The summed E-state index contributed by atoms with van der Waals surface area (Å²) in [4.78, 5) is 14.2. The van der Waals surface area contributed by atoms with Gasteiger partial charge in [0.15, 0.2) is 0 Å². The Hall–Kier alpha value is -1.86. The third kappa shape index (κ3) is 2.69. The van der Waals surface area contributed by atoms with Crippen molar-refractivity contribution < 1.29 is 4.92 Å². The lowest BCUT2D eigenvalue weighted by Crippen LogP contribution is -2.04. The van der Waals surface area contributed by atoms with Gasteiger partial charge in [0.2, 0.25) is 0 Å². The van der Waals surface area contributed by atoms with Crippen LogP contribution < -0.4 is 5.32 Å². The molecule has 0 spiro atoms. The van der Waals surface area contributed by atoms with E-state index >= 15 is 0 Å². The predicted octanol–water partition coefficient (Wildman–Crippen LogP) is 2.63. The third-order valence-electron chi connectivity index (χ3n) is 2.15. The highest BCUT2D eigenvalue weighted by Gasteiger charge is 2.16. The van der Waals surface area contributed by atoms with Crippen LogP contribution in [0.5, 0.6) is 0 Å². The molecular weight excluding hydrogens is 281 g/mol. The Morgan fingerprint density at radius 3 is 2.72 bits per heavy atom. The number of benzene rings is 1. The van der Waals surface area contributed by atoms with Crippen molar-refractivity contribution in [2.24, 2.45) is 0 Å². The first-order valence-electron chi connectivity index (χ1n) is 4.79. The Bertz CT molecular complexity index is 573. The minimum absolute atomic E-state index is 0.133. The zero-order valence-corrected chi connectivity index (χ0v) is 10.4. The number of H-pyrrole nitrogens is 1. The number of nitro benzene ring substituents is 1. The zero-order valence-electron chi connectivity index (χ0n) is 8.85. The molecular formula is C9H7Cl2N5O2. The summed E-state index contributed by atoms with van der Waals surface area (Å²) in [6, 6.07) is 2.60. The molecule has 2 rings (SSSR count). The van der Waals surface area contributed by atoms with Gasteiger partial charge in [0, 0.05) is 6.07 Å². The maximum atomic E-state index is 10.9. The number of aromatic amines is 1. The van der Waals surface area contributed by atoms with E-state index in [9.17, 15) is 10.1 Å². The minimum atomic E-state index is -0.537. The quantitative estimate of drug-likeness (QED) is 0.665. The monoisotopic (exact) mass is 287 g/mol. The van der Waals surface area contributed by atoms with Crippen LogP contribution >= 0.6 is 23.2 Å². The molecule has 18 heavy (non-hydrogen) atoms. The predicted molar refractivity (Wildman–Crippen MR) is 66.8 cm³/mol. The maximum Gasteiger partial charge on any atom is 0.293 e. The van der Waals surface area contributed by atoms with E-state index < -0.39 is 4.92 Å². The van der Waals surface area contributed by atoms with Crippen LogP contribution in [0.2, 0.25) is 10.0 Å². The van der Waals surface area contributed by atoms with Gasteiger partial charge < -0.3 is 5.32 Å². The number of halogens is 2. The summed E-state index contributed by atoms with van der Waals surface area (Å²) in [6.45, 7) is 0.263. The van der Waals surface area contributed by atoms with E-state index in [0.29, 0.717) is 5.82 Å². The molecule has 0 aliphatic carbocycles. The van der Waals surface area contributed by atoms with E-state index in [1.807, 2.05) is 0 Å². The van der Waals surface area contributed by atoms with Crippen LogP contribution in [0.15, 0.2) is 18.5 Å². The average Bonchev–Trinajstić information content (AvgIpc) is 2.83. The second-order valence-electron chi connectivity index (χ2n) is 3.33. The fraction of sp³-hybridized carbons (Fsp3) is 0.111. The van der Waals surface area contributed by atoms with Gasteiger partial charge in [-0.25, -0.2) is 4.98 Å². The lowest BCUT2D eigenvalue weighted by atomic mass is 10.2.